The van der Waals surface area contributed by atoms with Crippen LogP contribution < -0.4 is 15.8 Å². The van der Waals surface area contributed by atoms with Gasteiger partial charge < -0.3 is 15.8 Å². The van der Waals surface area contributed by atoms with Crippen LogP contribution in [0.3, 0.4) is 0 Å². The second-order valence-electron chi connectivity index (χ2n) is 6.15. The van der Waals surface area contributed by atoms with Crippen LogP contribution in [0.25, 0.3) is 0 Å². The number of sulfone groups is 1. The molecular formula is C18H22N2O4S. The van der Waals surface area contributed by atoms with Gasteiger partial charge in [0, 0.05) is 5.69 Å². The maximum absolute atomic E-state index is 12.1. The van der Waals surface area contributed by atoms with Gasteiger partial charge >= 0.3 is 0 Å². The number of amides is 1. The van der Waals surface area contributed by atoms with E-state index in [0.717, 1.165) is 0 Å². The highest BCUT2D eigenvalue weighted by Gasteiger charge is 2.22. The smallest absolute Gasteiger partial charge is 0.243 e. The summed E-state index contributed by atoms with van der Waals surface area (Å²) in [4.78, 5) is 12.0. The van der Waals surface area contributed by atoms with E-state index in [4.69, 9.17) is 10.5 Å². The summed E-state index contributed by atoms with van der Waals surface area (Å²) in [5.74, 6) is 0.418. The van der Waals surface area contributed by atoms with Gasteiger partial charge in [0.05, 0.1) is 11.3 Å². The SMILES string of the molecule is CCS(=O)(=O)c1ccccc1Oc1ccc(NC(=O)C(C)(C)N)cc1. The zero-order valence-electron chi connectivity index (χ0n) is 14.4. The van der Waals surface area contributed by atoms with Crippen molar-refractivity contribution in [3.8, 4) is 11.5 Å². The quantitative estimate of drug-likeness (QED) is 0.823. The average Bonchev–Trinajstić information content (AvgIpc) is 2.56. The van der Waals surface area contributed by atoms with Crippen LogP contribution in [0.2, 0.25) is 0 Å². The van der Waals surface area contributed by atoms with Crippen molar-refractivity contribution in [3.05, 3.63) is 48.5 Å². The first-order valence-corrected chi connectivity index (χ1v) is 9.49. The third kappa shape index (κ3) is 4.80. The Hall–Kier alpha value is -2.38. The Kier molecular flexibility index (Phi) is 5.49. The molecule has 0 aliphatic carbocycles. The number of rotatable bonds is 6. The number of ether oxygens (including phenoxy) is 1. The number of nitrogens with two attached hydrogens (primary N) is 1. The molecule has 7 heteroatoms. The van der Waals surface area contributed by atoms with Crippen LogP contribution in [0, 0.1) is 0 Å². The predicted octanol–water partition coefficient (Wildman–Crippen LogP) is 2.95. The van der Waals surface area contributed by atoms with Crippen LogP contribution in [-0.2, 0) is 14.6 Å². The zero-order valence-corrected chi connectivity index (χ0v) is 15.3. The highest BCUT2D eigenvalue weighted by atomic mass is 32.2. The Bertz CT molecular complexity index is 853. The Morgan fingerprint density at radius 1 is 1.12 bits per heavy atom. The topological polar surface area (TPSA) is 98.5 Å². The van der Waals surface area contributed by atoms with E-state index in [1.165, 1.54) is 6.07 Å². The lowest BCUT2D eigenvalue weighted by molar-refractivity contribution is -0.120. The van der Waals surface area contributed by atoms with Crippen molar-refractivity contribution >= 4 is 21.4 Å². The lowest BCUT2D eigenvalue weighted by Gasteiger charge is -2.18. The summed E-state index contributed by atoms with van der Waals surface area (Å²) in [6, 6.07) is 13.1. The van der Waals surface area contributed by atoms with Gasteiger partial charge in [-0.05, 0) is 50.2 Å². The van der Waals surface area contributed by atoms with E-state index in [2.05, 4.69) is 5.32 Å². The van der Waals surface area contributed by atoms with Gasteiger partial charge in [-0.1, -0.05) is 19.1 Å². The molecule has 134 valence electrons. The van der Waals surface area contributed by atoms with Gasteiger partial charge in [0.2, 0.25) is 5.91 Å². The largest absolute Gasteiger partial charge is 0.456 e. The Morgan fingerprint density at radius 2 is 1.72 bits per heavy atom. The summed E-state index contributed by atoms with van der Waals surface area (Å²) in [6.07, 6.45) is 0. The monoisotopic (exact) mass is 362 g/mol. The van der Waals surface area contributed by atoms with Crippen molar-refractivity contribution in [1.29, 1.82) is 0 Å². The van der Waals surface area contributed by atoms with Gasteiger partial charge in [-0.25, -0.2) is 8.42 Å². The number of hydrogen-bond acceptors (Lipinski definition) is 5. The summed E-state index contributed by atoms with van der Waals surface area (Å²) >= 11 is 0. The summed E-state index contributed by atoms with van der Waals surface area (Å²) in [7, 11) is -3.39. The van der Waals surface area contributed by atoms with E-state index < -0.39 is 15.4 Å². The minimum atomic E-state index is -3.39. The van der Waals surface area contributed by atoms with Crippen molar-refractivity contribution in [2.45, 2.75) is 31.2 Å². The summed E-state index contributed by atoms with van der Waals surface area (Å²) < 4.78 is 30.0. The molecule has 0 radical (unpaired) electrons. The third-order valence-electron chi connectivity index (χ3n) is 3.49. The first-order chi connectivity index (χ1) is 11.6. The molecular weight excluding hydrogens is 340 g/mol. The first-order valence-electron chi connectivity index (χ1n) is 7.83. The molecule has 0 aliphatic heterocycles. The Labute approximate surface area is 147 Å². The van der Waals surface area contributed by atoms with Gasteiger partial charge in [-0.2, -0.15) is 0 Å². The number of anilines is 1. The normalized spacial score (nSPS) is 11.8. The molecule has 2 rings (SSSR count). The maximum Gasteiger partial charge on any atom is 0.243 e. The second-order valence-corrected chi connectivity index (χ2v) is 8.40. The molecule has 0 heterocycles. The van der Waals surface area contributed by atoms with Crippen molar-refractivity contribution in [2.24, 2.45) is 5.73 Å². The standard InChI is InChI=1S/C18H22N2O4S/c1-4-25(22,23)16-8-6-5-7-15(16)24-14-11-9-13(10-12-14)20-17(21)18(2,3)19/h5-12H,4,19H2,1-3H3,(H,20,21). The van der Waals surface area contributed by atoms with E-state index in [9.17, 15) is 13.2 Å². The van der Waals surface area contributed by atoms with E-state index >= 15 is 0 Å². The molecule has 6 nitrogen and oxygen atoms in total. The van der Waals surface area contributed by atoms with Gasteiger partial charge in [-0.3, -0.25) is 4.79 Å². The molecule has 0 unspecified atom stereocenters. The molecule has 1 amide bonds. The molecule has 3 N–H and O–H groups in total. The molecule has 0 saturated carbocycles. The van der Waals surface area contributed by atoms with Gasteiger partial charge in [0.15, 0.2) is 9.84 Å². The van der Waals surface area contributed by atoms with Crippen LogP contribution >= 0.6 is 0 Å². The molecule has 2 aromatic rings. The number of para-hydroxylation sites is 1. The first kappa shape index (κ1) is 19.0. The van der Waals surface area contributed by atoms with Crippen molar-refractivity contribution in [3.63, 3.8) is 0 Å². The van der Waals surface area contributed by atoms with E-state index in [1.807, 2.05) is 0 Å². The van der Waals surface area contributed by atoms with Gasteiger partial charge in [0.1, 0.15) is 16.4 Å². The average molecular weight is 362 g/mol. The molecule has 0 saturated heterocycles. The van der Waals surface area contributed by atoms with Crippen molar-refractivity contribution in [1.82, 2.24) is 0 Å². The van der Waals surface area contributed by atoms with Crippen LogP contribution in [0.1, 0.15) is 20.8 Å². The summed E-state index contributed by atoms with van der Waals surface area (Å²) in [5.41, 5.74) is 5.33. The summed E-state index contributed by atoms with van der Waals surface area (Å²) in [6.45, 7) is 4.82. The lowest BCUT2D eigenvalue weighted by atomic mass is 10.1. The van der Waals surface area contributed by atoms with Crippen LogP contribution in [0.4, 0.5) is 5.69 Å². The number of carbonyl (C=O) groups is 1. The molecule has 0 atom stereocenters. The zero-order chi connectivity index (χ0) is 18.7. The van der Waals surface area contributed by atoms with Crippen LogP contribution in [0.5, 0.6) is 11.5 Å². The molecule has 0 bridgehead atoms. The number of hydrogen-bond donors (Lipinski definition) is 2. The number of nitrogens with one attached hydrogen (secondary N) is 1. The molecule has 0 spiro atoms. The molecule has 2 aromatic carbocycles. The van der Waals surface area contributed by atoms with Crippen LogP contribution in [-0.4, -0.2) is 25.6 Å². The van der Waals surface area contributed by atoms with Crippen molar-refractivity contribution < 1.29 is 17.9 Å². The van der Waals surface area contributed by atoms with E-state index in [-0.39, 0.29) is 22.3 Å². The maximum atomic E-state index is 12.1. The fourth-order valence-electron chi connectivity index (χ4n) is 1.97. The Morgan fingerprint density at radius 3 is 2.28 bits per heavy atom. The van der Waals surface area contributed by atoms with Crippen LogP contribution in [0.15, 0.2) is 53.4 Å². The fraction of sp³-hybridized carbons (Fsp3) is 0.278. The highest BCUT2D eigenvalue weighted by Crippen LogP contribution is 2.30. The molecule has 25 heavy (non-hydrogen) atoms. The molecule has 0 aliphatic rings. The van der Waals surface area contributed by atoms with Gasteiger partial charge in [-0.15, -0.1) is 0 Å². The second kappa shape index (κ2) is 7.25. The van der Waals surface area contributed by atoms with Gasteiger partial charge in [0.25, 0.3) is 0 Å². The minimum absolute atomic E-state index is 0.00673. The fourth-order valence-corrected chi connectivity index (χ4v) is 2.99. The predicted molar refractivity (Wildman–Crippen MR) is 97.6 cm³/mol. The molecule has 0 fully saturated rings. The minimum Gasteiger partial charge on any atom is -0.456 e. The summed E-state index contributed by atoms with van der Waals surface area (Å²) in [5, 5.41) is 2.70. The van der Waals surface area contributed by atoms with E-state index in [0.29, 0.717) is 11.4 Å². The number of carbonyl (C=O) groups excluding carboxylic acids is 1. The number of benzene rings is 2. The Balaban J connectivity index is 2.19. The van der Waals surface area contributed by atoms with E-state index in [1.54, 1.807) is 63.2 Å². The highest BCUT2D eigenvalue weighted by molar-refractivity contribution is 7.91. The lowest BCUT2D eigenvalue weighted by Crippen LogP contribution is -2.45. The van der Waals surface area contributed by atoms with Crippen molar-refractivity contribution in [2.75, 3.05) is 11.1 Å². The molecule has 0 aromatic heterocycles. The third-order valence-corrected chi connectivity index (χ3v) is 5.26.